The lowest BCUT2D eigenvalue weighted by molar-refractivity contribution is -0.121. The van der Waals surface area contributed by atoms with Gasteiger partial charge in [0.05, 0.1) is 0 Å². The molecule has 3 nitrogen and oxygen atoms in total. The molecule has 0 bridgehead atoms. The summed E-state index contributed by atoms with van der Waals surface area (Å²) in [4.78, 5) is 11.3. The highest BCUT2D eigenvalue weighted by Gasteiger charge is 2.32. The van der Waals surface area contributed by atoms with Crippen LogP contribution in [-0.4, -0.2) is 30.0 Å². The predicted octanol–water partition coefficient (Wildman–Crippen LogP) is 1.13. The molecule has 0 aromatic heterocycles. The Bertz CT molecular complexity index is 191. The Labute approximate surface area is 90.2 Å². The van der Waals surface area contributed by atoms with Crippen LogP contribution >= 0.6 is 11.8 Å². The van der Waals surface area contributed by atoms with Crippen molar-refractivity contribution in [2.75, 3.05) is 19.3 Å². The molecule has 0 aromatic carbocycles. The molecule has 4 heteroatoms. The van der Waals surface area contributed by atoms with Gasteiger partial charge < -0.3 is 11.1 Å². The zero-order valence-corrected chi connectivity index (χ0v) is 9.66. The highest BCUT2D eigenvalue weighted by atomic mass is 32.2. The summed E-state index contributed by atoms with van der Waals surface area (Å²) in [5.74, 6) is 0.0906. The third-order valence-electron chi connectivity index (χ3n) is 2.93. The van der Waals surface area contributed by atoms with Gasteiger partial charge in [-0.2, -0.15) is 11.8 Å². The molecule has 3 N–H and O–H groups in total. The topological polar surface area (TPSA) is 55.1 Å². The van der Waals surface area contributed by atoms with E-state index in [2.05, 4.69) is 11.6 Å². The Morgan fingerprint density at radius 1 is 1.50 bits per heavy atom. The van der Waals surface area contributed by atoms with Crippen LogP contribution in [0.25, 0.3) is 0 Å². The Morgan fingerprint density at radius 2 is 2.14 bits per heavy atom. The summed E-state index contributed by atoms with van der Waals surface area (Å²) in [7, 11) is 0. The van der Waals surface area contributed by atoms with Crippen molar-refractivity contribution in [1.29, 1.82) is 0 Å². The maximum Gasteiger partial charge on any atom is 0.221 e. The van der Waals surface area contributed by atoms with Gasteiger partial charge >= 0.3 is 0 Å². The van der Waals surface area contributed by atoms with Crippen LogP contribution in [0.4, 0.5) is 0 Å². The molecule has 0 atom stereocenters. The fraction of sp³-hybridized carbons (Fsp3) is 0.900. The standard InChI is InChI=1S/C10H20N2OS/c1-14-10(5-2-3-6-10)8-12-9(13)4-7-11/h2-8,11H2,1H3,(H,12,13). The van der Waals surface area contributed by atoms with Gasteiger partial charge in [0, 0.05) is 24.3 Å². The Balaban J connectivity index is 2.30. The van der Waals surface area contributed by atoms with Gasteiger partial charge in [0.25, 0.3) is 0 Å². The Kier molecular flexibility index (Phi) is 4.75. The van der Waals surface area contributed by atoms with Gasteiger partial charge in [0.1, 0.15) is 0 Å². The van der Waals surface area contributed by atoms with E-state index in [1.807, 2.05) is 11.8 Å². The van der Waals surface area contributed by atoms with Crippen LogP contribution in [0.15, 0.2) is 0 Å². The van der Waals surface area contributed by atoms with Crippen LogP contribution in [-0.2, 0) is 4.79 Å². The van der Waals surface area contributed by atoms with Crippen LogP contribution in [0.1, 0.15) is 32.1 Å². The van der Waals surface area contributed by atoms with Crippen LogP contribution in [0.3, 0.4) is 0 Å². The number of hydrogen-bond donors (Lipinski definition) is 2. The molecule has 0 unspecified atom stereocenters. The number of nitrogens with one attached hydrogen (secondary N) is 1. The van der Waals surface area contributed by atoms with Crippen molar-refractivity contribution >= 4 is 17.7 Å². The third kappa shape index (κ3) is 3.17. The fourth-order valence-electron chi connectivity index (χ4n) is 1.95. The van der Waals surface area contributed by atoms with Gasteiger partial charge in [-0.25, -0.2) is 0 Å². The lowest BCUT2D eigenvalue weighted by Gasteiger charge is -2.26. The fourth-order valence-corrected chi connectivity index (χ4v) is 2.86. The lowest BCUT2D eigenvalue weighted by Crippen LogP contribution is -2.38. The minimum absolute atomic E-state index is 0.0906. The van der Waals surface area contributed by atoms with Crippen molar-refractivity contribution in [3.05, 3.63) is 0 Å². The van der Waals surface area contributed by atoms with Crippen molar-refractivity contribution < 1.29 is 4.79 Å². The molecule has 1 rings (SSSR count). The van der Waals surface area contributed by atoms with Gasteiger partial charge in [-0.05, 0) is 19.1 Å². The molecule has 0 saturated heterocycles. The third-order valence-corrected chi connectivity index (χ3v) is 4.35. The number of amides is 1. The van der Waals surface area contributed by atoms with Gasteiger partial charge in [0.15, 0.2) is 0 Å². The molecular formula is C10H20N2OS. The minimum Gasteiger partial charge on any atom is -0.355 e. The average molecular weight is 216 g/mol. The summed E-state index contributed by atoms with van der Waals surface area (Å²) >= 11 is 1.89. The molecule has 0 heterocycles. The van der Waals surface area contributed by atoms with Crippen LogP contribution in [0, 0.1) is 0 Å². The average Bonchev–Trinajstić information content (AvgIpc) is 2.65. The normalized spacial score (nSPS) is 19.6. The molecule has 14 heavy (non-hydrogen) atoms. The first-order chi connectivity index (χ1) is 6.72. The van der Waals surface area contributed by atoms with Crippen LogP contribution < -0.4 is 11.1 Å². The Hall–Kier alpha value is -0.220. The summed E-state index contributed by atoms with van der Waals surface area (Å²) in [5.41, 5.74) is 5.31. The smallest absolute Gasteiger partial charge is 0.221 e. The second-order valence-corrected chi connectivity index (χ2v) is 5.18. The molecule has 0 spiro atoms. The SMILES string of the molecule is CSC1(CNC(=O)CCN)CCCC1. The van der Waals surface area contributed by atoms with E-state index < -0.39 is 0 Å². The molecule has 1 amide bonds. The van der Waals surface area contributed by atoms with Crippen molar-refractivity contribution in [3.63, 3.8) is 0 Å². The van der Waals surface area contributed by atoms with Gasteiger partial charge in [-0.3, -0.25) is 4.79 Å². The molecule has 1 aliphatic carbocycles. The van der Waals surface area contributed by atoms with Crippen molar-refractivity contribution in [2.45, 2.75) is 36.9 Å². The molecule has 1 aliphatic rings. The van der Waals surface area contributed by atoms with E-state index in [4.69, 9.17) is 5.73 Å². The van der Waals surface area contributed by atoms with Gasteiger partial charge in [-0.15, -0.1) is 0 Å². The second-order valence-electron chi connectivity index (χ2n) is 3.91. The maximum absolute atomic E-state index is 11.3. The van der Waals surface area contributed by atoms with E-state index in [1.54, 1.807) is 0 Å². The molecule has 1 saturated carbocycles. The molecule has 82 valence electrons. The summed E-state index contributed by atoms with van der Waals surface area (Å²) in [6, 6.07) is 0. The van der Waals surface area contributed by atoms with Gasteiger partial charge in [-0.1, -0.05) is 12.8 Å². The van der Waals surface area contributed by atoms with E-state index in [-0.39, 0.29) is 5.91 Å². The van der Waals surface area contributed by atoms with E-state index in [9.17, 15) is 4.79 Å². The zero-order valence-electron chi connectivity index (χ0n) is 8.84. The van der Waals surface area contributed by atoms with Crippen LogP contribution in [0.2, 0.25) is 0 Å². The second kappa shape index (κ2) is 5.61. The highest BCUT2D eigenvalue weighted by molar-refractivity contribution is 8.00. The molecule has 1 fully saturated rings. The summed E-state index contributed by atoms with van der Waals surface area (Å²) in [6.07, 6.45) is 7.65. The maximum atomic E-state index is 11.3. The number of rotatable bonds is 5. The van der Waals surface area contributed by atoms with Crippen molar-refractivity contribution in [3.8, 4) is 0 Å². The first kappa shape index (κ1) is 11.9. The molecule has 0 radical (unpaired) electrons. The lowest BCUT2D eigenvalue weighted by atomic mass is 10.1. The number of nitrogens with two attached hydrogens (primary N) is 1. The number of hydrogen-bond acceptors (Lipinski definition) is 3. The summed E-state index contributed by atoms with van der Waals surface area (Å²) in [5, 5.41) is 2.98. The summed E-state index contributed by atoms with van der Waals surface area (Å²) < 4.78 is 0.310. The first-order valence-electron chi connectivity index (χ1n) is 5.24. The van der Waals surface area contributed by atoms with Crippen molar-refractivity contribution in [1.82, 2.24) is 5.32 Å². The number of thioether (sulfide) groups is 1. The van der Waals surface area contributed by atoms with E-state index >= 15 is 0 Å². The van der Waals surface area contributed by atoms with E-state index in [0.717, 1.165) is 6.54 Å². The molecular weight excluding hydrogens is 196 g/mol. The zero-order chi connectivity index (χ0) is 10.4. The van der Waals surface area contributed by atoms with Crippen LogP contribution in [0.5, 0.6) is 0 Å². The van der Waals surface area contributed by atoms with Crippen molar-refractivity contribution in [2.24, 2.45) is 5.73 Å². The number of carbonyl (C=O) groups is 1. The first-order valence-corrected chi connectivity index (χ1v) is 6.47. The largest absolute Gasteiger partial charge is 0.355 e. The van der Waals surface area contributed by atoms with Gasteiger partial charge in [0.2, 0.25) is 5.91 Å². The molecule has 0 aromatic rings. The highest BCUT2D eigenvalue weighted by Crippen LogP contribution is 2.39. The quantitative estimate of drug-likeness (QED) is 0.724. The minimum atomic E-state index is 0.0906. The Morgan fingerprint density at radius 3 is 2.64 bits per heavy atom. The molecule has 0 aliphatic heterocycles. The summed E-state index contributed by atoms with van der Waals surface area (Å²) in [6.45, 7) is 1.26. The van der Waals surface area contributed by atoms with E-state index in [1.165, 1.54) is 25.7 Å². The number of carbonyl (C=O) groups excluding carboxylic acids is 1. The van der Waals surface area contributed by atoms with E-state index in [0.29, 0.717) is 17.7 Å². The monoisotopic (exact) mass is 216 g/mol. The predicted molar refractivity (Wildman–Crippen MR) is 61.4 cm³/mol.